The first-order chi connectivity index (χ1) is 7.79. The van der Waals surface area contributed by atoms with Gasteiger partial charge in [0.05, 0.1) is 16.6 Å². The van der Waals surface area contributed by atoms with Gasteiger partial charge in [-0.15, -0.1) is 0 Å². The van der Waals surface area contributed by atoms with E-state index < -0.39 is 0 Å². The molecule has 0 spiro atoms. The van der Waals surface area contributed by atoms with Gasteiger partial charge in [-0.1, -0.05) is 6.07 Å². The van der Waals surface area contributed by atoms with Crippen molar-refractivity contribution in [2.45, 2.75) is 12.8 Å². The zero-order chi connectivity index (χ0) is 11.8. The Labute approximate surface area is 104 Å². The summed E-state index contributed by atoms with van der Waals surface area (Å²) in [5.41, 5.74) is 0.570. The summed E-state index contributed by atoms with van der Waals surface area (Å²) < 4.78 is 11.3. The highest BCUT2D eigenvalue weighted by Gasteiger charge is 2.06. The zero-order valence-corrected chi connectivity index (χ0v) is 10.8. The fraction of sp³-hybridized carbons (Fsp3) is 0.417. The Morgan fingerprint density at radius 2 is 2.06 bits per heavy atom. The first kappa shape index (κ1) is 13.2. The van der Waals surface area contributed by atoms with Crippen molar-refractivity contribution >= 4 is 22.2 Å². The molecule has 1 aromatic rings. The monoisotopic (exact) mass is 286 g/mol. The summed E-state index contributed by atoms with van der Waals surface area (Å²) in [7, 11) is 1.68. The van der Waals surface area contributed by atoms with Crippen molar-refractivity contribution < 1.29 is 14.3 Å². The largest absolute Gasteiger partial charge is 0.492 e. The number of methoxy groups -OCH3 is 1. The molecule has 0 aromatic heterocycles. The average molecular weight is 287 g/mol. The molecule has 0 heterocycles. The third-order valence-electron chi connectivity index (χ3n) is 2.11. The second kappa shape index (κ2) is 7.41. The Bertz CT molecular complexity index is 339. The minimum absolute atomic E-state index is 0.570. The molecule has 1 aromatic carbocycles. The molecule has 88 valence electrons. The van der Waals surface area contributed by atoms with Gasteiger partial charge in [0.15, 0.2) is 6.29 Å². The summed E-state index contributed by atoms with van der Waals surface area (Å²) >= 11 is 3.36. The van der Waals surface area contributed by atoms with Crippen molar-refractivity contribution in [2.75, 3.05) is 20.3 Å². The molecule has 0 amide bonds. The van der Waals surface area contributed by atoms with Gasteiger partial charge in [-0.3, -0.25) is 4.79 Å². The summed E-state index contributed by atoms with van der Waals surface area (Å²) in [6.45, 7) is 1.33. The lowest BCUT2D eigenvalue weighted by Gasteiger charge is -2.09. The zero-order valence-electron chi connectivity index (χ0n) is 9.24. The molecule has 0 radical (unpaired) electrons. The molecule has 0 saturated carbocycles. The molecular weight excluding hydrogens is 272 g/mol. The van der Waals surface area contributed by atoms with E-state index in [0.717, 1.165) is 30.2 Å². The number of aldehydes is 1. The van der Waals surface area contributed by atoms with Crippen LogP contribution in [0.25, 0.3) is 0 Å². The van der Waals surface area contributed by atoms with E-state index in [1.54, 1.807) is 13.2 Å². The number of carbonyl (C=O) groups excluding carboxylic acids is 1. The maximum Gasteiger partial charge on any atom is 0.153 e. The molecule has 0 aliphatic heterocycles. The fourth-order valence-electron chi connectivity index (χ4n) is 1.29. The highest BCUT2D eigenvalue weighted by atomic mass is 79.9. The first-order valence-corrected chi connectivity index (χ1v) is 5.94. The maximum atomic E-state index is 10.8. The van der Waals surface area contributed by atoms with E-state index in [1.807, 2.05) is 12.1 Å². The van der Waals surface area contributed by atoms with Gasteiger partial charge in [-0.2, -0.15) is 0 Å². The molecule has 0 saturated heterocycles. The number of rotatable bonds is 7. The van der Waals surface area contributed by atoms with Crippen molar-refractivity contribution in [1.29, 1.82) is 0 Å². The minimum atomic E-state index is 0.570. The van der Waals surface area contributed by atoms with Gasteiger partial charge in [0, 0.05) is 13.7 Å². The minimum Gasteiger partial charge on any atom is -0.492 e. The Morgan fingerprint density at radius 1 is 1.31 bits per heavy atom. The van der Waals surface area contributed by atoms with Gasteiger partial charge in [-0.25, -0.2) is 0 Å². The van der Waals surface area contributed by atoms with Crippen molar-refractivity contribution in [2.24, 2.45) is 0 Å². The van der Waals surface area contributed by atoms with Gasteiger partial charge in [0.1, 0.15) is 5.75 Å². The Hall–Kier alpha value is -0.870. The Kier molecular flexibility index (Phi) is 6.11. The summed E-state index contributed by atoms with van der Waals surface area (Å²) in [5, 5.41) is 0. The van der Waals surface area contributed by atoms with Gasteiger partial charge >= 0.3 is 0 Å². The molecule has 3 nitrogen and oxygen atoms in total. The first-order valence-electron chi connectivity index (χ1n) is 5.15. The average Bonchev–Trinajstić information content (AvgIpc) is 2.30. The van der Waals surface area contributed by atoms with Gasteiger partial charge in [0.25, 0.3) is 0 Å². The van der Waals surface area contributed by atoms with Crippen LogP contribution < -0.4 is 4.74 Å². The number of hydrogen-bond donors (Lipinski definition) is 0. The number of benzene rings is 1. The number of hydrogen-bond acceptors (Lipinski definition) is 3. The van der Waals surface area contributed by atoms with Crippen LogP contribution in [0.2, 0.25) is 0 Å². The maximum absolute atomic E-state index is 10.8. The summed E-state index contributed by atoms with van der Waals surface area (Å²) in [6.07, 6.45) is 2.67. The molecule has 0 N–H and O–H groups in total. The van der Waals surface area contributed by atoms with Crippen LogP contribution in [0.1, 0.15) is 23.2 Å². The van der Waals surface area contributed by atoms with E-state index in [0.29, 0.717) is 17.9 Å². The van der Waals surface area contributed by atoms with Gasteiger partial charge < -0.3 is 9.47 Å². The predicted octanol–water partition coefficient (Wildman–Crippen LogP) is 3.07. The topological polar surface area (TPSA) is 35.5 Å². The fourth-order valence-corrected chi connectivity index (χ4v) is 1.79. The highest BCUT2D eigenvalue weighted by Crippen LogP contribution is 2.28. The van der Waals surface area contributed by atoms with Crippen LogP contribution in [0, 0.1) is 0 Å². The van der Waals surface area contributed by atoms with Crippen molar-refractivity contribution in [3.8, 4) is 5.75 Å². The SMILES string of the molecule is COCCCCOc1c(Br)cccc1C=O. The second-order valence-corrected chi connectivity index (χ2v) is 4.18. The molecular formula is C12H15BrO3. The molecule has 0 aliphatic carbocycles. The van der Waals surface area contributed by atoms with Crippen LogP contribution in [0.4, 0.5) is 0 Å². The Morgan fingerprint density at radius 3 is 2.75 bits per heavy atom. The number of unbranched alkanes of at least 4 members (excludes halogenated alkanes) is 1. The van der Waals surface area contributed by atoms with E-state index in [-0.39, 0.29) is 0 Å². The lowest BCUT2D eigenvalue weighted by Crippen LogP contribution is -2.02. The van der Waals surface area contributed by atoms with Crippen LogP contribution >= 0.6 is 15.9 Å². The van der Waals surface area contributed by atoms with Crippen LogP contribution in [-0.2, 0) is 4.74 Å². The molecule has 0 atom stereocenters. The van der Waals surface area contributed by atoms with Crippen LogP contribution in [-0.4, -0.2) is 26.6 Å². The number of para-hydroxylation sites is 1. The molecule has 4 heteroatoms. The quantitative estimate of drug-likeness (QED) is 0.571. The van der Waals surface area contributed by atoms with Crippen molar-refractivity contribution in [3.05, 3.63) is 28.2 Å². The number of carbonyl (C=O) groups is 1. The predicted molar refractivity (Wildman–Crippen MR) is 66.1 cm³/mol. The molecule has 0 bridgehead atoms. The molecule has 0 unspecified atom stereocenters. The van der Waals surface area contributed by atoms with E-state index in [2.05, 4.69) is 15.9 Å². The molecule has 16 heavy (non-hydrogen) atoms. The van der Waals surface area contributed by atoms with E-state index in [4.69, 9.17) is 9.47 Å². The lowest BCUT2D eigenvalue weighted by molar-refractivity contribution is 0.111. The summed E-state index contributed by atoms with van der Waals surface area (Å²) in [4.78, 5) is 10.8. The molecule has 0 fully saturated rings. The smallest absolute Gasteiger partial charge is 0.153 e. The second-order valence-electron chi connectivity index (χ2n) is 3.32. The van der Waals surface area contributed by atoms with Crippen molar-refractivity contribution in [3.63, 3.8) is 0 Å². The normalized spacial score (nSPS) is 10.1. The van der Waals surface area contributed by atoms with Gasteiger partial charge in [-0.05, 0) is 40.9 Å². The molecule has 1 rings (SSSR count). The summed E-state index contributed by atoms with van der Waals surface area (Å²) in [5.74, 6) is 0.620. The van der Waals surface area contributed by atoms with E-state index in [9.17, 15) is 4.79 Å². The Balaban J connectivity index is 2.49. The van der Waals surface area contributed by atoms with E-state index in [1.165, 1.54) is 0 Å². The lowest BCUT2D eigenvalue weighted by atomic mass is 10.2. The van der Waals surface area contributed by atoms with Crippen molar-refractivity contribution in [1.82, 2.24) is 0 Å². The standard InChI is InChI=1S/C12H15BrO3/c1-15-7-2-3-8-16-12-10(9-14)5-4-6-11(12)13/h4-6,9H,2-3,7-8H2,1H3. The summed E-state index contributed by atoms with van der Waals surface area (Å²) in [6, 6.07) is 5.41. The molecule has 0 aliphatic rings. The van der Waals surface area contributed by atoms with Crippen LogP contribution in [0.15, 0.2) is 22.7 Å². The van der Waals surface area contributed by atoms with Gasteiger partial charge in [0.2, 0.25) is 0 Å². The van der Waals surface area contributed by atoms with E-state index >= 15 is 0 Å². The highest BCUT2D eigenvalue weighted by molar-refractivity contribution is 9.10. The van der Waals surface area contributed by atoms with Crippen LogP contribution in [0.3, 0.4) is 0 Å². The third kappa shape index (κ3) is 3.94. The van der Waals surface area contributed by atoms with Crippen LogP contribution in [0.5, 0.6) is 5.75 Å². The number of ether oxygens (including phenoxy) is 2. The number of halogens is 1. The third-order valence-corrected chi connectivity index (χ3v) is 2.74.